The molecule has 2 nitrogen and oxygen atoms in total. The molecule has 9 rings (SSSR count). The van der Waals surface area contributed by atoms with Gasteiger partial charge in [-0.2, -0.15) is 0 Å². The largest absolute Gasteiger partial charge is 0.309 e. The first-order chi connectivity index (χ1) is 27.6. The van der Waals surface area contributed by atoms with Gasteiger partial charge in [0.25, 0.3) is 0 Å². The highest BCUT2D eigenvalue weighted by Gasteiger charge is 2.34. The third-order valence-corrected chi connectivity index (χ3v) is 13.5. The van der Waals surface area contributed by atoms with Crippen molar-refractivity contribution >= 4 is 66.4 Å². The van der Waals surface area contributed by atoms with Gasteiger partial charge in [0.1, 0.15) is 0 Å². The van der Waals surface area contributed by atoms with Crippen molar-refractivity contribution in [3.63, 3.8) is 0 Å². The van der Waals surface area contributed by atoms with Gasteiger partial charge in [0.2, 0.25) is 0 Å². The third-order valence-electron chi connectivity index (χ3n) is 13.5. The molecule has 0 bridgehead atoms. The number of rotatable bonds is 7. The smallest absolute Gasteiger partial charge is 0.0543 e. The van der Waals surface area contributed by atoms with E-state index in [-0.39, 0.29) is 5.41 Å². The second-order valence-corrected chi connectivity index (χ2v) is 18.6. The van der Waals surface area contributed by atoms with Crippen LogP contribution in [0.1, 0.15) is 101 Å². The summed E-state index contributed by atoms with van der Waals surface area (Å²) in [6, 6.07) is 40.2. The summed E-state index contributed by atoms with van der Waals surface area (Å²) >= 11 is 0. The molecule has 0 aliphatic heterocycles. The maximum atomic E-state index is 2.61. The summed E-state index contributed by atoms with van der Waals surface area (Å²) in [6.45, 7) is 27.7. The predicted molar refractivity (Wildman–Crippen MR) is 253 cm³/mol. The van der Waals surface area contributed by atoms with Crippen LogP contribution >= 0.6 is 0 Å². The van der Waals surface area contributed by atoms with E-state index in [2.05, 4.69) is 196 Å². The molecular weight excluding hydrogens is 701 g/mol. The van der Waals surface area contributed by atoms with Crippen LogP contribution in [0.2, 0.25) is 0 Å². The molecule has 1 aliphatic carbocycles. The van der Waals surface area contributed by atoms with Crippen LogP contribution in [0.4, 0.5) is 34.1 Å². The van der Waals surface area contributed by atoms with Crippen molar-refractivity contribution in [1.82, 2.24) is 0 Å². The van der Waals surface area contributed by atoms with Crippen LogP contribution in [-0.2, 0) is 11.8 Å². The van der Waals surface area contributed by atoms with Crippen molar-refractivity contribution in [2.75, 3.05) is 9.80 Å². The van der Waals surface area contributed by atoms with Crippen LogP contribution in [0.3, 0.4) is 0 Å². The Labute approximate surface area is 346 Å². The fourth-order valence-electron chi connectivity index (χ4n) is 10.4. The predicted octanol–water partition coefficient (Wildman–Crippen LogP) is 16.3. The van der Waals surface area contributed by atoms with Gasteiger partial charge in [-0.05, 0) is 199 Å². The van der Waals surface area contributed by atoms with Gasteiger partial charge in [0.15, 0.2) is 0 Å². The van der Waals surface area contributed by atoms with Gasteiger partial charge in [-0.25, -0.2) is 0 Å². The van der Waals surface area contributed by atoms with Crippen LogP contribution in [0.15, 0.2) is 103 Å². The van der Waals surface area contributed by atoms with E-state index in [4.69, 9.17) is 0 Å². The first kappa shape index (κ1) is 37.9. The van der Waals surface area contributed by atoms with Gasteiger partial charge in [0, 0.05) is 27.5 Å². The zero-order valence-electron chi connectivity index (χ0n) is 36.7. The summed E-state index contributed by atoms with van der Waals surface area (Å²) in [6.07, 6.45) is 2.15. The van der Waals surface area contributed by atoms with E-state index in [0.29, 0.717) is 5.92 Å². The lowest BCUT2D eigenvalue weighted by molar-refractivity contribution is 0.475. The summed E-state index contributed by atoms with van der Waals surface area (Å²) in [5.41, 5.74) is 22.1. The maximum absolute atomic E-state index is 2.61. The topological polar surface area (TPSA) is 6.48 Å². The number of hydrogen-bond donors (Lipinski definition) is 0. The van der Waals surface area contributed by atoms with Gasteiger partial charge >= 0.3 is 0 Å². The van der Waals surface area contributed by atoms with Crippen molar-refractivity contribution in [2.45, 2.75) is 107 Å². The van der Waals surface area contributed by atoms with Crippen molar-refractivity contribution in [2.24, 2.45) is 0 Å². The molecule has 0 atom stereocenters. The minimum absolute atomic E-state index is 0.0129. The van der Waals surface area contributed by atoms with Crippen LogP contribution in [-0.4, -0.2) is 0 Å². The molecule has 0 unspecified atom stereocenters. The summed E-state index contributed by atoms with van der Waals surface area (Å²) in [5.74, 6) is 0.326. The van der Waals surface area contributed by atoms with E-state index < -0.39 is 0 Å². The van der Waals surface area contributed by atoms with Crippen molar-refractivity contribution < 1.29 is 0 Å². The zero-order valence-corrected chi connectivity index (χ0v) is 36.7. The molecule has 0 fully saturated rings. The molecule has 0 N–H and O–H groups in total. The van der Waals surface area contributed by atoms with Crippen LogP contribution < -0.4 is 9.80 Å². The maximum Gasteiger partial charge on any atom is 0.0543 e. The molecule has 292 valence electrons. The number of para-hydroxylation sites is 2. The fraction of sp³-hybridized carbons (Fsp3) is 0.286. The quantitative estimate of drug-likeness (QED) is 0.149. The molecule has 0 saturated heterocycles. The average molecular weight is 759 g/mol. The van der Waals surface area contributed by atoms with E-state index in [9.17, 15) is 0 Å². The number of benzene rings is 8. The molecule has 0 radical (unpaired) electrons. The number of anilines is 6. The average Bonchev–Trinajstić information content (AvgIpc) is 3.16. The van der Waals surface area contributed by atoms with Gasteiger partial charge < -0.3 is 9.80 Å². The van der Waals surface area contributed by atoms with E-state index >= 15 is 0 Å². The highest BCUT2D eigenvalue weighted by Crippen LogP contribution is 2.55. The van der Waals surface area contributed by atoms with E-state index in [0.717, 1.165) is 12.8 Å². The summed E-state index contributed by atoms with van der Waals surface area (Å²) < 4.78 is 0. The monoisotopic (exact) mass is 758 g/mol. The fourth-order valence-corrected chi connectivity index (χ4v) is 10.4. The van der Waals surface area contributed by atoms with Crippen LogP contribution in [0, 0.1) is 55.4 Å². The highest BCUT2D eigenvalue weighted by atomic mass is 15.2. The Balaban J connectivity index is 1.49. The summed E-state index contributed by atoms with van der Waals surface area (Å²) in [4.78, 5) is 5.19. The Kier molecular flexibility index (Phi) is 9.00. The number of hydrogen-bond acceptors (Lipinski definition) is 2. The first-order valence-electron chi connectivity index (χ1n) is 21.3. The molecule has 8 aromatic rings. The Morgan fingerprint density at radius 2 is 1.05 bits per heavy atom. The molecule has 0 aromatic heterocycles. The number of nitrogens with zero attached hydrogens (tertiary/aromatic N) is 2. The Hall–Kier alpha value is -5.60. The second kappa shape index (κ2) is 13.8. The molecule has 0 amide bonds. The minimum atomic E-state index is 0.0129. The standard InChI is InChI=1S/C56H58N2/c1-32(2)46-31-50(58(43-26-33(3)25-34(4)27-43)55-38(8)17-14-18-39(55)9)47-30-48-51-41(23-24-56(48,11)12)29-49(45-22-21-44(46)52(47)53(45)51)57(42-20-19-35(5)40(10)28-42)54-36(6)15-13-16-37(54)7/h13-22,25-32H,23-24H2,1-12H3. The van der Waals surface area contributed by atoms with Gasteiger partial charge in [-0.3, -0.25) is 0 Å². The Morgan fingerprint density at radius 3 is 1.64 bits per heavy atom. The Bertz CT molecular complexity index is 2880. The van der Waals surface area contributed by atoms with E-state index in [1.807, 2.05) is 0 Å². The SMILES string of the molecule is Cc1cc(C)cc(N(c2c(C)cccc2C)c2cc(C(C)C)c3ccc4c(N(c5ccc(C)c(C)c5)c5c(C)cccc5C)cc5c6c(cc2c3c46)C(C)(C)CC5)c1. The lowest BCUT2D eigenvalue weighted by Gasteiger charge is -2.38. The normalized spacial score (nSPS) is 13.7. The van der Waals surface area contributed by atoms with E-state index in [1.54, 1.807) is 0 Å². The molecule has 0 heterocycles. The number of aryl methyl sites for hydroxylation is 9. The molecule has 1 aliphatic rings. The lowest BCUT2D eigenvalue weighted by Crippen LogP contribution is -2.24. The Morgan fingerprint density at radius 1 is 0.483 bits per heavy atom. The highest BCUT2D eigenvalue weighted by molar-refractivity contribution is 6.30. The molecule has 0 saturated carbocycles. The van der Waals surface area contributed by atoms with Gasteiger partial charge in [-0.15, -0.1) is 0 Å². The van der Waals surface area contributed by atoms with Crippen molar-refractivity contribution in [3.8, 4) is 0 Å². The molecule has 58 heavy (non-hydrogen) atoms. The van der Waals surface area contributed by atoms with E-state index in [1.165, 1.54) is 128 Å². The zero-order chi connectivity index (χ0) is 40.9. The van der Waals surface area contributed by atoms with Crippen LogP contribution in [0.25, 0.3) is 32.3 Å². The minimum Gasteiger partial charge on any atom is -0.309 e. The molecule has 0 spiro atoms. The summed E-state index contributed by atoms with van der Waals surface area (Å²) in [5, 5.41) is 8.28. The third kappa shape index (κ3) is 5.90. The molecular formula is C56H58N2. The lowest BCUT2D eigenvalue weighted by atomic mass is 9.70. The summed E-state index contributed by atoms with van der Waals surface area (Å²) in [7, 11) is 0. The van der Waals surface area contributed by atoms with Gasteiger partial charge in [0.05, 0.1) is 22.7 Å². The molecule has 8 aromatic carbocycles. The second-order valence-electron chi connectivity index (χ2n) is 18.6. The van der Waals surface area contributed by atoms with Gasteiger partial charge in [-0.1, -0.05) is 88.4 Å². The van der Waals surface area contributed by atoms with Crippen molar-refractivity contribution in [1.29, 1.82) is 0 Å². The first-order valence-corrected chi connectivity index (χ1v) is 21.3. The van der Waals surface area contributed by atoms with Crippen molar-refractivity contribution in [3.05, 3.63) is 164 Å². The van der Waals surface area contributed by atoms with Crippen LogP contribution in [0.5, 0.6) is 0 Å². The molecule has 2 heteroatoms.